The largest absolute Gasteiger partial charge is 0.446 e. The van der Waals surface area contributed by atoms with Gasteiger partial charge in [-0.1, -0.05) is 29.8 Å². The van der Waals surface area contributed by atoms with Crippen LogP contribution >= 0.6 is 23.4 Å². The number of hydrogen-bond donors (Lipinski definition) is 0. The van der Waals surface area contributed by atoms with Crippen LogP contribution in [0.5, 0.6) is 0 Å². The van der Waals surface area contributed by atoms with Gasteiger partial charge in [-0.2, -0.15) is 18.3 Å². The van der Waals surface area contributed by atoms with Gasteiger partial charge in [-0.05, 0) is 36.0 Å². The van der Waals surface area contributed by atoms with Crippen LogP contribution in [-0.2, 0) is 0 Å². The molecule has 146 valence electrons. The maximum atomic E-state index is 12.6. The molecule has 0 N–H and O–H groups in total. The maximum absolute atomic E-state index is 12.6. The van der Waals surface area contributed by atoms with Crippen molar-refractivity contribution in [2.45, 2.75) is 10.4 Å². The molecular formula is C19H16ClF3N4S. The zero-order valence-corrected chi connectivity index (χ0v) is 16.2. The van der Waals surface area contributed by atoms with E-state index in [1.165, 1.54) is 6.07 Å². The highest BCUT2D eigenvalue weighted by Gasteiger charge is 2.29. The number of thioether (sulfide) groups is 1. The van der Waals surface area contributed by atoms with Crippen molar-refractivity contribution in [1.29, 1.82) is 0 Å². The van der Waals surface area contributed by atoms with Crippen molar-refractivity contribution in [1.82, 2.24) is 10.2 Å². The Morgan fingerprint density at radius 2 is 1.68 bits per heavy atom. The van der Waals surface area contributed by atoms with Crippen LogP contribution in [0.3, 0.4) is 0 Å². The van der Waals surface area contributed by atoms with Crippen LogP contribution in [-0.4, -0.2) is 41.9 Å². The van der Waals surface area contributed by atoms with Crippen LogP contribution in [0, 0.1) is 0 Å². The van der Waals surface area contributed by atoms with Gasteiger partial charge in [0.25, 0.3) is 0 Å². The number of anilines is 2. The summed E-state index contributed by atoms with van der Waals surface area (Å²) in [5.41, 5.74) is -1.85. The molecule has 28 heavy (non-hydrogen) atoms. The average Bonchev–Trinajstić information content (AvgIpc) is 2.67. The predicted octanol–water partition coefficient (Wildman–Crippen LogP) is 5.22. The summed E-state index contributed by atoms with van der Waals surface area (Å²) in [4.78, 5) is 4.50. The van der Waals surface area contributed by atoms with E-state index in [0.29, 0.717) is 23.6 Å². The second-order valence-corrected chi connectivity index (χ2v) is 7.93. The molecule has 2 heterocycles. The Balaban J connectivity index is 1.50. The smallest absolute Gasteiger partial charge is 0.368 e. The number of piperazine rings is 1. The minimum absolute atomic E-state index is 0.0857. The van der Waals surface area contributed by atoms with Crippen LogP contribution in [0.2, 0.25) is 5.02 Å². The monoisotopic (exact) mass is 424 g/mol. The molecule has 1 fully saturated rings. The zero-order valence-electron chi connectivity index (χ0n) is 14.7. The fourth-order valence-corrected chi connectivity index (χ4v) is 4.18. The Hall–Kier alpha value is -2.19. The summed E-state index contributed by atoms with van der Waals surface area (Å²) in [7, 11) is 0. The lowest BCUT2D eigenvalue weighted by Gasteiger charge is -2.37. The first kappa shape index (κ1) is 19.1. The molecule has 1 aliphatic rings. The minimum Gasteiger partial charge on any atom is -0.368 e. The lowest BCUT2D eigenvalue weighted by molar-refractivity contribution is -0.0328. The molecule has 4 rings (SSSR count). The molecule has 0 atom stereocenters. The average molecular weight is 425 g/mol. The van der Waals surface area contributed by atoms with Gasteiger partial charge in [-0.3, -0.25) is 0 Å². The Kier molecular flexibility index (Phi) is 5.25. The Morgan fingerprint density at radius 1 is 0.964 bits per heavy atom. The SMILES string of the molecule is FC(F)(F)Sc1cccc(N2CCN(c3cnnc4c(Cl)cccc34)CC2)c1. The summed E-state index contributed by atoms with van der Waals surface area (Å²) < 4.78 is 37.9. The second-order valence-electron chi connectivity index (χ2n) is 6.39. The summed E-state index contributed by atoms with van der Waals surface area (Å²) in [6, 6.07) is 12.2. The quantitative estimate of drug-likeness (QED) is 0.538. The van der Waals surface area contributed by atoms with Crippen molar-refractivity contribution in [3.63, 3.8) is 0 Å². The van der Waals surface area contributed by atoms with E-state index in [4.69, 9.17) is 11.6 Å². The van der Waals surface area contributed by atoms with Crippen molar-refractivity contribution < 1.29 is 13.2 Å². The molecule has 3 aromatic rings. The third-order valence-corrected chi connectivity index (χ3v) is 5.66. The molecule has 0 bridgehead atoms. The summed E-state index contributed by atoms with van der Waals surface area (Å²) in [5, 5.41) is 9.70. The Morgan fingerprint density at radius 3 is 2.43 bits per heavy atom. The molecule has 1 saturated heterocycles. The molecule has 0 saturated carbocycles. The van der Waals surface area contributed by atoms with Gasteiger partial charge in [0.1, 0.15) is 5.52 Å². The first-order chi connectivity index (χ1) is 13.4. The molecule has 1 aliphatic heterocycles. The van der Waals surface area contributed by atoms with Gasteiger partial charge in [-0.25, -0.2) is 0 Å². The number of hydrogen-bond acceptors (Lipinski definition) is 5. The molecule has 1 aromatic heterocycles. The first-order valence-electron chi connectivity index (χ1n) is 8.66. The molecule has 0 unspecified atom stereocenters. The summed E-state index contributed by atoms with van der Waals surface area (Å²) >= 11 is 6.13. The van der Waals surface area contributed by atoms with E-state index < -0.39 is 5.51 Å². The summed E-state index contributed by atoms with van der Waals surface area (Å²) in [6.45, 7) is 2.85. The standard InChI is InChI=1S/C19H16ClF3N4S/c20-16-6-2-5-15-17(12-24-25-18(15)16)27-9-7-26(8-10-27)13-3-1-4-14(11-13)28-19(21,22)23/h1-6,11-12H,7-10H2. The maximum Gasteiger partial charge on any atom is 0.446 e. The van der Waals surface area contributed by atoms with Crippen LogP contribution in [0.1, 0.15) is 0 Å². The third-order valence-electron chi connectivity index (χ3n) is 4.64. The third kappa shape index (κ3) is 4.12. The topological polar surface area (TPSA) is 32.3 Å². The van der Waals surface area contributed by atoms with Gasteiger partial charge in [-0.15, -0.1) is 5.10 Å². The lowest BCUT2D eigenvalue weighted by atomic mass is 10.1. The predicted molar refractivity (Wildman–Crippen MR) is 107 cm³/mol. The van der Waals surface area contributed by atoms with Gasteiger partial charge >= 0.3 is 5.51 Å². The van der Waals surface area contributed by atoms with Crippen LogP contribution in [0.15, 0.2) is 53.6 Å². The number of halogens is 4. The van der Waals surface area contributed by atoms with Crippen molar-refractivity contribution in [2.24, 2.45) is 0 Å². The fraction of sp³-hybridized carbons (Fsp3) is 0.263. The van der Waals surface area contributed by atoms with E-state index in [0.717, 1.165) is 29.9 Å². The van der Waals surface area contributed by atoms with Gasteiger partial charge < -0.3 is 9.80 Å². The Labute approximate surface area is 169 Å². The molecule has 0 aliphatic carbocycles. The summed E-state index contributed by atoms with van der Waals surface area (Å²) in [6.07, 6.45) is 1.73. The zero-order chi connectivity index (χ0) is 19.7. The Bertz CT molecular complexity index is 990. The number of aromatic nitrogens is 2. The van der Waals surface area contributed by atoms with Gasteiger partial charge in [0.2, 0.25) is 0 Å². The highest BCUT2D eigenvalue weighted by atomic mass is 35.5. The van der Waals surface area contributed by atoms with E-state index in [1.807, 2.05) is 18.2 Å². The highest BCUT2D eigenvalue weighted by molar-refractivity contribution is 8.00. The molecule has 0 radical (unpaired) electrons. The minimum atomic E-state index is -4.28. The van der Waals surface area contributed by atoms with Gasteiger partial charge in [0, 0.05) is 42.1 Å². The highest BCUT2D eigenvalue weighted by Crippen LogP contribution is 2.38. The summed E-state index contributed by atoms with van der Waals surface area (Å²) in [5.74, 6) is 0. The lowest BCUT2D eigenvalue weighted by Crippen LogP contribution is -2.46. The first-order valence-corrected chi connectivity index (χ1v) is 9.86. The number of alkyl halides is 3. The molecule has 4 nitrogen and oxygen atoms in total. The van der Waals surface area contributed by atoms with E-state index in [2.05, 4.69) is 20.0 Å². The number of fused-ring (bicyclic) bond motifs is 1. The molecule has 0 spiro atoms. The molecule has 9 heteroatoms. The van der Waals surface area contributed by atoms with Crippen molar-refractivity contribution >= 4 is 45.6 Å². The second kappa shape index (κ2) is 7.67. The molecular weight excluding hydrogens is 409 g/mol. The van der Waals surface area contributed by atoms with Crippen LogP contribution < -0.4 is 9.80 Å². The molecule has 2 aromatic carbocycles. The molecule has 0 amide bonds. The fourth-order valence-electron chi connectivity index (χ4n) is 3.37. The van der Waals surface area contributed by atoms with E-state index in [9.17, 15) is 13.2 Å². The van der Waals surface area contributed by atoms with Crippen molar-refractivity contribution in [2.75, 3.05) is 36.0 Å². The number of benzene rings is 2. The van der Waals surface area contributed by atoms with Crippen molar-refractivity contribution in [3.8, 4) is 0 Å². The van der Waals surface area contributed by atoms with E-state index in [1.54, 1.807) is 24.4 Å². The van der Waals surface area contributed by atoms with Crippen LogP contribution in [0.4, 0.5) is 24.5 Å². The van der Waals surface area contributed by atoms with Gasteiger partial charge in [0.15, 0.2) is 0 Å². The number of rotatable bonds is 3. The normalized spacial score (nSPS) is 15.3. The van der Waals surface area contributed by atoms with Crippen LogP contribution in [0.25, 0.3) is 10.9 Å². The van der Waals surface area contributed by atoms with E-state index in [-0.39, 0.29) is 16.7 Å². The van der Waals surface area contributed by atoms with Crippen molar-refractivity contribution in [3.05, 3.63) is 53.7 Å². The van der Waals surface area contributed by atoms with Gasteiger partial charge in [0.05, 0.1) is 16.9 Å². The number of nitrogens with zero attached hydrogens (tertiary/aromatic N) is 4. The van der Waals surface area contributed by atoms with E-state index >= 15 is 0 Å².